The van der Waals surface area contributed by atoms with Gasteiger partial charge in [0.25, 0.3) is 0 Å². The molecule has 1 atom stereocenters. The Bertz CT molecular complexity index is 736. The Morgan fingerprint density at radius 3 is 2.42 bits per heavy atom. The minimum absolute atomic E-state index is 0.155. The predicted octanol–water partition coefficient (Wildman–Crippen LogP) is 5.37. The number of aliphatic carboxylic acids is 1. The number of benzene rings is 2. The van der Waals surface area contributed by atoms with Crippen LogP contribution in [0.1, 0.15) is 31.9 Å². The van der Waals surface area contributed by atoms with Gasteiger partial charge in [0.15, 0.2) is 6.10 Å². The lowest BCUT2D eigenvalue weighted by atomic mass is 9.86. The van der Waals surface area contributed by atoms with Crippen LogP contribution in [-0.2, 0) is 16.6 Å². The maximum absolute atomic E-state index is 11.7. The van der Waals surface area contributed by atoms with Gasteiger partial charge in [-0.2, -0.15) is 0 Å². The first-order valence-corrected chi connectivity index (χ1v) is 8.37. The molecule has 0 spiro atoms. The number of hydrogen-bond acceptors (Lipinski definition) is 2. The zero-order valence-electron chi connectivity index (χ0n) is 13.8. The first-order valence-electron chi connectivity index (χ1n) is 7.61. The van der Waals surface area contributed by atoms with Crippen molar-refractivity contribution in [3.63, 3.8) is 0 Å². The van der Waals surface area contributed by atoms with E-state index in [2.05, 4.69) is 20.8 Å². The normalized spacial score (nSPS) is 12.7. The van der Waals surface area contributed by atoms with Crippen molar-refractivity contribution < 1.29 is 14.6 Å². The molecule has 0 aromatic heterocycles. The number of hydrogen-bond donors (Lipinski definition) is 1. The highest BCUT2D eigenvalue weighted by atomic mass is 35.5. The molecule has 0 radical (unpaired) electrons. The fourth-order valence-corrected chi connectivity index (χ4v) is 2.89. The smallest absolute Gasteiger partial charge is 0.345 e. The largest absolute Gasteiger partial charge is 0.478 e. The topological polar surface area (TPSA) is 46.5 Å². The van der Waals surface area contributed by atoms with Gasteiger partial charge >= 0.3 is 5.97 Å². The lowest BCUT2D eigenvalue weighted by Crippen LogP contribution is -2.30. The number of carbonyl (C=O) groups is 1. The third kappa shape index (κ3) is 4.65. The maximum atomic E-state index is 11.7. The zero-order chi connectivity index (χ0) is 17.9. The summed E-state index contributed by atoms with van der Waals surface area (Å²) < 4.78 is 5.83. The first kappa shape index (κ1) is 18.6. The number of para-hydroxylation sites is 1. The average Bonchev–Trinajstić information content (AvgIpc) is 2.48. The van der Waals surface area contributed by atoms with Gasteiger partial charge in [0.2, 0.25) is 0 Å². The van der Waals surface area contributed by atoms with E-state index in [1.165, 1.54) is 0 Å². The number of carboxylic acids is 1. The molecule has 1 N–H and O–H groups in total. The minimum atomic E-state index is -1.04. The Hall–Kier alpha value is -1.71. The molecule has 0 aliphatic rings. The van der Waals surface area contributed by atoms with Crippen LogP contribution in [0.2, 0.25) is 10.0 Å². The Morgan fingerprint density at radius 1 is 1.17 bits per heavy atom. The highest BCUT2D eigenvalue weighted by Gasteiger charge is 2.25. The third-order valence-corrected chi connectivity index (χ3v) is 4.25. The number of rotatable bonds is 5. The monoisotopic (exact) mass is 366 g/mol. The number of ether oxygens (including phenoxy) is 1. The van der Waals surface area contributed by atoms with E-state index in [0.717, 1.165) is 5.56 Å². The van der Waals surface area contributed by atoms with Crippen molar-refractivity contribution >= 4 is 29.2 Å². The summed E-state index contributed by atoms with van der Waals surface area (Å²) >= 11 is 12.0. The number of halogens is 2. The van der Waals surface area contributed by atoms with Crippen LogP contribution in [0.5, 0.6) is 5.75 Å². The lowest BCUT2D eigenvalue weighted by molar-refractivity contribution is -0.145. The Balaban J connectivity index is 2.29. The summed E-state index contributed by atoms with van der Waals surface area (Å²) in [5.74, 6) is -0.466. The summed E-state index contributed by atoms with van der Waals surface area (Å²) in [7, 11) is 0. The highest BCUT2D eigenvalue weighted by Crippen LogP contribution is 2.32. The fourth-order valence-electron chi connectivity index (χ4n) is 2.41. The predicted molar refractivity (Wildman–Crippen MR) is 97.4 cm³/mol. The number of carboxylic acid groups (broad SMARTS) is 1. The third-order valence-electron chi connectivity index (χ3n) is 3.66. The van der Waals surface area contributed by atoms with E-state index in [1.807, 2.05) is 18.2 Å². The molecule has 0 aliphatic heterocycles. The van der Waals surface area contributed by atoms with Gasteiger partial charge in [-0.05, 0) is 34.7 Å². The van der Waals surface area contributed by atoms with Crippen molar-refractivity contribution in [3.8, 4) is 5.75 Å². The molecule has 0 unspecified atom stereocenters. The molecule has 3 nitrogen and oxygen atoms in total. The Morgan fingerprint density at radius 2 is 1.83 bits per heavy atom. The van der Waals surface area contributed by atoms with E-state index < -0.39 is 12.1 Å². The summed E-state index contributed by atoms with van der Waals surface area (Å²) in [5, 5.41) is 10.5. The molecule has 0 heterocycles. The molecule has 24 heavy (non-hydrogen) atoms. The van der Waals surface area contributed by atoms with Crippen LogP contribution in [0, 0.1) is 0 Å². The van der Waals surface area contributed by atoms with Gasteiger partial charge in [-0.25, -0.2) is 4.79 Å². The van der Waals surface area contributed by atoms with Crippen molar-refractivity contribution in [1.82, 2.24) is 0 Å². The summed E-state index contributed by atoms with van der Waals surface area (Å²) in [6, 6.07) is 12.5. The Labute approximate surface area is 152 Å². The van der Waals surface area contributed by atoms with E-state index in [-0.39, 0.29) is 11.8 Å². The van der Waals surface area contributed by atoms with Crippen LogP contribution in [-0.4, -0.2) is 17.2 Å². The quantitative estimate of drug-likeness (QED) is 0.773. The van der Waals surface area contributed by atoms with E-state index in [4.69, 9.17) is 27.9 Å². The summed E-state index contributed by atoms with van der Waals surface area (Å²) in [5.41, 5.74) is 1.48. The molecular weight excluding hydrogens is 347 g/mol. The van der Waals surface area contributed by atoms with Crippen molar-refractivity contribution in [1.29, 1.82) is 0 Å². The van der Waals surface area contributed by atoms with Crippen LogP contribution in [0.25, 0.3) is 0 Å². The second-order valence-corrected chi connectivity index (χ2v) is 7.47. The van der Waals surface area contributed by atoms with Crippen LogP contribution >= 0.6 is 23.2 Å². The molecular formula is C19H20Cl2O3. The molecule has 0 saturated heterocycles. The van der Waals surface area contributed by atoms with Crippen LogP contribution < -0.4 is 4.74 Å². The fraction of sp³-hybridized carbons (Fsp3) is 0.316. The lowest BCUT2D eigenvalue weighted by Gasteiger charge is -2.25. The molecule has 5 heteroatoms. The molecule has 0 saturated carbocycles. The van der Waals surface area contributed by atoms with Gasteiger partial charge in [-0.15, -0.1) is 0 Å². The van der Waals surface area contributed by atoms with Crippen molar-refractivity contribution in [2.75, 3.05) is 0 Å². The van der Waals surface area contributed by atoms with E-state index in [0.29, 0.717) is 21.4 Å². The summed E-state index contributed by atoms with van der Waals surface area (Å²) in [6.45, 7) is 6.17. The summed E-state index contributed by atoms with van der Waals surface area (Å²) in [6.07, 6.45) is -0.878. The van der Waals surface area contributed by atoms with Gasteiger partial charge in [0, 0.05) is 16.5 Å². The molecule has 0 amide bonds. The average molecular weight is 367 g/mol. The second kappa shape index (κ2) is 7.45. The van der Waals surface area contributed by atoms with Gasteiger partial charge in [-0.3, -0.25) is 0 Å². The van der Waals surface area contributed by atoms with E-state index in [9.17, 15) is 9.90 Å². The zero-order valence-corrected chi connectivity index (χ0v) is 15.4. The molecule has 2 aromatic carbocycles. The summed E-state index contributed by atoms with van der Waals surface area (Å²) in [4.78, 5) is 11.7. The molecule has 0 aliphatic carbocycles. The maximum Gasteiger partial charge on any atom is 0.345 e. The SMILES string of the molecule is CC(C)(C)c1ccccc1O[C@H](Cc1ccc(Cl)cc1Cl)C(=O)O. The van der Waals surface area contributed by atoms with Gasteiger partial charge < -0.3 is 9.84 Å². The second-order valence-electron chi connectivity index (χ2n) is 6.63. The van der Waals surface area contributed by atoms with Gasteiger partial charge in [0.1, 0.15) is 5.75 Å². The van der Waals surface area contributed by atoms with Crippen LogP contribution in [0.15, 0.2) is 42.5 Å². The van der Waals surface area contributed by atoms with E-state index >= 15 is 0 Å². The minimum Gasteiger partial charge on any atom is -0.478 e. The standard InChI is InChI=1S/C19H20Cl2O3/c1-19(2,3)14-6-4-5-7-16(14)24-17(18(22)23)10-12-8-9-13(20)11-15(12)21/h4-9,11,17H,10H2,1-3H3,(H,22,23)/t17-/m1/s1. The van der Waals surface area contributed by atoms with Gasteiger partial charge in [-0.1, -0.05) is 68.2 Å². The highest BCUT2D eigenvalue weighted by molar-refractivity contribution is 6.35. The first-order chi connectivity index (χ1) is 11.2. The van der Waals surface area contributed by atoms with Crippen molar-refractivity contribution in [2.45, 2.75) is 38.7 Å². The molecule has 128 valence electrons. The van der Waals surface area contributed by atoms with Crippen LogP contribution in [0.3, 0.4) is 0 Å². The van der Waals surface area contributed by atoms with Crippen molar-refractivity contribution in [2.24, 2.45) is 0 Å². The molecule has 0 fully saturated rings. The van der Waals surface area contributed by atoms with E-state index in [1.54, 1.807) is 24.3 Å². The van der Waals surface area contributed by atoms with Crippen molar-refractivity contribution in [3.05, 3.63) is 63.6 Å². The Kier molecular flexibility index (Phi) is 5.79. The molecule has 0 bridgehead atoms. The molecule has 2 aromatic rings. The van der Waals surface area contributed by atoms with Gasteiger partial charge in [0.05, 0.1) is 0 Å². The van der Waals surface area contributed by atoms with Crippen LogP contribution in [0.4, 0.5) is 0 Å². The molecule has 2 rings (SSSR count).